The van der Waals surface area contributed by atoms with E-state index in [1.54, 1.807) is 36.4 Å². The molecule has 0 saturated heterocycles. The van der Waals surface area contributed by atoms with Gasteiger partial charge in [-0.2, -0.15) is 0 Å². The summed E-state index contributed by atoms with van der Waals surface area (Å²) < 4.78 is 2.48. The van der Waals surface area contributed by atoms with Crippen molar-refractivity contribution >= 4 is 16.8 Å². The topological polar surface area (TPSA) is 73.1 Å². The first-order valence-electron chi connectivity index (χ1n) is 9.03. The van der Waals surface area contributed by atoms with E-state index >= 15 is 0 Å². The normalized spacial score (nSPS) is 12.1. The van der Waals surface area contributed by atoms with Crippen molar-refractivity contribution in [1.29, 1.82) is 0 Å². The van der Waals surface area contributed by atoms with Gasteiger partial charge in [0.25, 0.3) is 5.56 Å². The van der Waals surface area contributed by atoms with Crippen molar-refractivity contribution < 1.29 is 4.79 Å². The van der Waals surface area contributed by atoms with Crippen LogP contribution in [0, 0.1) is 6.92 Å². The Morgan fingerprint density at radius 2 is 1.74 bits per heavy atom. The maximum atomic E-state index is 13.1. The Labute approximate surface area is 157 Å². The highest BCUT2D eigenvalue weighted by Crippen LogP contribution is 2.11. The third kappa shape index (κ3) is 3.69. The van der Waals surface area contributed by atoms with Crippen molar-refractivity contribution in [2.45, 2.75) is 39.8 Å². The zero-order chi connectivity index (χ0) is 19.6. The van der Waals surface area contributed by atoms with Gasteiger partial charge in [0.05, 0.1) is 16.6 Å². The van der Waals surface area contributed by atoms with Crippen LogP contribution in [0.15, 0.2) is 58.1 Å². The summed E-state index contributed by atoms with van der Waals surface area (Å²) >= 11 is 0. The molecule has 27 heavy (non-hydrogen) atoms. The SMILES string of the molecule is CC[C@@H](C)NC(=O)Cn1c(=O)n(-c2ccc(C)cc2)c(=O)c2ccccc21. The second kappa shape index (κ2) is 7.61. The van der Waals surface area contributed by atoms with E-state index in [-0.39, 0.29) is 18.5 Å². The van der Waals surface area contributed by atoms with Gasteiger partial charge < -0.3 is 5.32 Å². The first-order chi connectivity index (χ1) is 12.9. The highest BCUT2D eigenvalue weighted by atomic mass is 16.2. The fraction of sp³-hybridized carbons (Fsp3) is 0.286. The van der Waals surface area contributed by atoms with Crippen molar-refractivity contribution in [1.82, 2.24) is 14.5 Å². The number of rotatable bonds is 5. The minimum Gasteiger partial charge on any atom is -0.352 e. The van der Waals surface area contributed by atoms with Gasteiger partial charge >= 0.3 is 5.69 Å². The molecule has 0 bridgehead atoms. The van der Waals surface area contributed by atoms with E-state index in [1.165, 1.54) is 4.57 Å². The predicted octanol–water partition coefficient (Wildman–Crippen LogP) is 2.38. The Hall–Kier alpha value is -3.15. The Kier molecular flexibility index (Phi) is 5.26. The number of nitrogens with one attached hydrogen (secondary N) is 1. The first kappa shape index (κ1) is 18.6. The lowest BCUT2D eigenvalue weighted by Crippen LogP contribution is -2.43. The zero-order valence-corrected chi connectivity index (χ0v) is 15.7. The van der Waals surface area contributed by atoms with Crippen LogP contribution in [0.3, 0.4) is 0 Å². The van der Waals surface area contributed by atoms with Crippen LogP contribution in [0.1, 0.15) is 25.8 Å². The molecule has 1 N–H and O–H groups in total. The van der Waals surface area contributed by atoms with E-state index in [4.69, 9.17) is 0 Å². The molecule has 3 rings (SSSR count). The number of fused-ring (bicyclic) bond motifs is 1. The number of nitrogens with zero attached hydrogens (tertiary/aromatic N) is 2. The third-order valence-corrected chi connectivity index (χ3v) is 4.66. The van der Waals surface area contributed by atoms with Crippen LogP contribution in [0.25, 0.3) is 16.6 Å². The number of hydrogen-bond donors (Lipinski definition) is 1. The number of benzene rings is 2. The van der Waals surface area contributed by atoms with Crippen LogP contribution >= 0.6 is 0 Å². The molecule has 3 aromatic rings. The van der Waals surface area contributed by atoms with Gasteiger partial charge in [-0.25, -0.2) is 9.36 Å². The van der Waals surface area contributed by atoms with Crippen molar-refractivity contribution in [2.24, 2.45) is 0 Å². The molecule has 0 aliphatic heterocycles. The highest BCUT2D eigenvalue weighted by Gasteiger charge is 2.16. The molecule has 0 radical (unpaired) electrons. The lowest BCUT2D eigenvalue weighted by atomic mass is 10.2. The number of aryl methyl sites for hydroxylation is 1. The average molecular weight is 365 g/mol. The van der Waals surface area contributed by atoms with E-state index in [2.05, 4.69) is 5.32 Å². The van der Waals surface area contributed by atoms with Crippen LogP contribution in [0.5, 0.6) is 0 Å². The van der Waals surface area contributed by atoms with E-state index in [9.17, 15) is 14.4 Å². The van der Waals surface area contributed by atoms with Crippen molar-refractivity contribution in [3.05, 3.63) is 74.9 Å². The van der Waals surface area contributed by atoms with E-state index in [1.807, 2.05) is 32.9 Å². The molecular formula is C21H23N3O3. The standard InChI is InChI=1S/C21H23N3O3/c1-4-15(3)22-19(25)13-23-18-8-6-5-7-17(18)20(26)24(21(23)27)16-11-9-14(2)10-12-16/h5-12,15H,4,13H2,1-3H3,(H,22,25)/t15-/m1/s1. The number of hydrogen-bond acceptors (Lipinski definition) is 3. The molecule has 6 heteroatoms. The molecule has 140 valence electrons. The quantitative estimate of drug-likeness (QED) is 0.754. The predicted molar refractivity (Wildman–Crippen MR) is 106 cm³/mol. The number of carbonyl (C=O) groups is 1. The monoisotopic (exact) mass is 365 g/mol. The summed E-state index contributed by atoms with van der Waals surface area (Å²) in [4.78, 5) is 38.5. The summed E-state index contributed by atoms with van der Waals surface area (Å²) in [5.74, 6) is -0.259. The van der Waals surface area contributed by atoms with Gasteiger partial charge in [-0.3, -0.25) is 14.2 Å². The van der Waals surface area contributed by atoms with Gasteiger partial charge in [0.2, 0.25) is 5.91 Å². The van der Waals surface area contributed by atoms with Crippen molar-refractivity contribution in [3.63, 3.8) is 0 Å². The molecule has 0 saturated carbocycles. The molecule has 0 aliphatic carbocycles. The van der Waals surface area contributed by atoms with Gasteiger partial charge in [0.15, 0.2) is 0 Å². The highest BCUT2D eigenvalue weighted by molar-refractivity contribution is 5.82. The Bertz CT molecular complexity index is 1090. The van der Waals surface area contributed by atoms with E-state index in [0.29, 0.717) is 16.6 Å². The van der Waals surface area contributed by atoms with Gasteiger partial charge in [0.1, 0.15) is 6.54 Å². The summed E-state index contributed by atoms with van der Waals surface area (Å²) in [6, 6.07) is 14.0. The minimum atomic E-state index is -0.526. The first-order valence-corrected chi connectivity index (χ1v) is 9.03. The van der Waals surface area contributed by atoms with Crippen LogP contribution in [0.2, 0.25) is 0 Å². The summed E-state index contributed by atoms with van der Waals surface area (Å²) in [6.07, 6.45) is 0.796. The van der Waals surface area contributed by atoms with Crippen LogP contribution in [0.4, 0.5) is 0 Å². The number of aromatic nitrogens is 2. The van der Waals surface area contributed by atoms with Gasteiger partial charge in [-0.05, 0) is 44.5 Å². The second-order valence-electron chi connectivity index (χ2n) is 6.74. The summed E-state index contributed by atoms with van der Waals surface area (Å²) in [7, 11) is 0. The average Bonchev–Trinajstić information content (AvgIpc) is 2.66. The van der Waals surface area contributed by atoms with E-state index in [0.717, 1.165) is 16.6 Å². The van der Waals surface area contributed by atoms with Gasteiger partial charge in [0, 0.05) is 6.04 Å². The minimum absolute atomic E-state index is 0.0162. The zero-order valence-electron chi connectivity index (χ0n) is 15.7. The van der Waals surface area contributed by atoms with Gasteiger partial charge in [-0.15, -0.1) is 0 Å². The van der Waals surface area contributed by atoms with Crippen molar-refractivity contribution in [3.8, 4) is 5.69 Å². The summed E-state index contributed by atoms with van der Waals surface area (Å²) in [5.41, 5.74) is 1.05. The molecule has 0 fully saturated rings. The largest absolute Gasteiger partial charge is 0.352 e. The molecule has 0 spiro atoms. The van der Waals surface area contributed by atoms with Crippen molar-refractivity contribution in [2.75, 3.05) is 0 Å². The maximum Gasteiger partial charge on any atom is 0.336 e. The number of amides is 1. The maximum absolute atomic E-state index is 13.1. The lowest BCUT2D eigenvalue weighted by molar-refractivity contribution is -0.122. The fourth-order valence-corrected chi connectivity index (χ4v) is 2.96. The number of para-hydroxylation sites is 1. The molecular weight excluding hydrogens is 342 g/mol. The molecule has 0 unspecified atom stereocenters. The number of carbonyl (C=O) groups excluding carboxylic acids is 1. The Morgan fingerprint density at radius 1 is 1.07 bits per heavy atom. The fourth-order valence-electron chi connectivity index (χ4n) is 2.96. The Morgan fingerprint density at radius 3 is 2.41 bits per heavy atom. The molecule has 1 aromatic heterocycles. The summed E-state index contributed by atoms with van der Waals surface area (Å²) in [5, 5.41) is 3.26. The molecule has 1 amide bonds. The molecule has 6 nitrogen and oxygen atoms in total. The third-order valence-electron chi connectivity index (χ3n) is 4.66. The van der Waals surface area contributed by atoms with Crippen LogP contribution in [-0.2, 0) is 11.3 Å². The van der Waals surface area contributed by atoms with Crippen LogP contribution in [-0.4, -0.2) is 21.1 Å². The second-order valence-corrected chi connectivity index (χ2v) is 6.74. The lowest BCUT2D eigenvalue weighted by Gasteiger charge is -2.16. The summed E-state index contributed by atoms with van der Waals surface area (Å²) in [6.45, 7) is 5.68. The van der Waals surface area contributed by atoms with Gasteiger partial charge in [-0.1, -0.05) is 36.8 Å². The van der Waals surface area contributed by atoms with Crippen LogP contribution < -0.4 is 16.6 Å². The smallest absolute Gasteiger partial charge is 0.336 e. The molecule has 1 atom stereocenters. The molecule has 1 heterocycles. The van der Waals surface area contributed by atoms with E-state index < -0.39 is 11.2 Å². The Balaban J connectivity index is 2.20. The molecule has 0 aliphatic rings. The molecule has 2 aromatic carbocycles.